The van der Waals surface area contributed by atoms with Crippen molar-refractivity contribution in [2.75, 3.05) is 11.9 Å². The second kappa shape index (κ2) is 9.22. The van der Waals surface area contributed by atoms with Crippen molar-refractivity contribution in [3.05, 3.63) is 47.7 Å². The van der Waals surface area contributed by atoms with E-state index >= 15 is 0 Å². The van der Waals surface area contributed by atoms with Crippen LogP contribution < -0.4 is 5.32 Å². The third kappa shape index (κ3) is 5.32. The van der Waals surface area contributed by atoms with Crippen molar-refractivity contribution in [1.29, 1.82) is 0 Å². The third-order valence-electron chi connectivity index (χ3n) is 4.21. The van der Waals surface area contributed by atoms with Gasteiger partial charge in [0.1, 0.15) is 5.82 Å². The van der Waals surface area contributed by atoms with Gasteiger partial charge in [-0.05, 0) is 25.3 Å². The van der Waals surface area contributed by atoms with Crippen LogP contribution in [0.15, 0.2) is 36.4 Å². The van der Waals surface area contributed by atoms with E-state index in [1.165, 1.54) is 0 Å². The van der Waals surface area contributed by atoms with E-state index in [0.29, 0.717) is 18.8 Å². The summed E-state index contributed by atoms with van der Waals surface area (Å²) in [6.07, 6.45) is 2.43. The number of urea groups is 1. The summed E-state index contributed by atoms with van der Waals surface area (Å²) in [6, 6.07) is 11.5. The van der Waals surface area contributed by atoms with Crippen LogP contribution in [0.1, 0.15) is 37.9 Å². The Morgan fingerprint density at radius 3 is 2.72 bits per heavy atom. The maximum atomic E-state index is 12.8. The Kier molecular flexibility index (Phi) is 7.01. The van der Waals surface area contributed by atoms with E-state index in [4.69, 9.17) is 0 Å². The molecule has 1 heterocycles. The normalized spacial score (nSPS) is 12.0. The fourth-order valence-electron chi connectivity index (χ4n) is 2.75. The number of hydrogen-bond donors (Lipinski definition) is 2. The van der Waals surface area contributed by atoms with Crippen LogP contribution in [0, 0.1) is 0 Å². The summed E-state index contributed by atoms with van der Waals surface area (Å²) in [6.45, 7) is 4.59. The van der Waals surface area contributed by atoms with Crippen LogP contribution in [0.5, 0.6) is 0 Å². The fraction of sp³-hybridized carbons (Fsp3) is 0.474. The van der Waals surface area contributed by atoms with Crippen molar-refractivity contribution in [2.45, 2.75) is 45.7 Å². The van der Waals surface area contributed by atoms with Crippen molar-refractivity contribution < 1.29 is 9.90 Å². The molecule has 1 aromatic heterocycles. The average molecular weight is 344 g/mol. The highest BCUT2D eigenvalue weighted by Crippen LogP contribution is 2.16. The van der Waals surface area contributed by atoms with Gasteiger partial charge in [0.25, 0.3) is 0 Å². The molecule has 1 atom stereocenters. The summed E-state index contributed by atoms with van der Waals surface area (Å²) in [7, 11) is 1.83. The van der Waals surface area contributed by atoms with E-state index in [1.807, 2.05) is 50.4 Å². The number of aryl methyl sites for hydroxylation is 2. The van der Waals surface area contributed by atoms with E-state index in [0.717, 1.165) is 24.1 Å². The lowest BCUT2D eigenvalue weighted by molar-refractivity contribution is 0.169. The Bertz CT molecular complexity index is 669. The molecule has 1 aromatic carbocycles. The van der Waals surface area contributed by atoms with E-state index in [-0.39, 0.29) is 18.7 Å². The van der Waals surface area contributed by atoms with Crippen LogP contribution in [0.4, 0.5) is 10.6 Å². The van der Waals surface area contributed by atoms with Gasteiger partial charge in [0, 0.05) is 32.3 Å². The van der Waals surface area contributed by atoms with Crippen LogP contribution in [0.25, 0.3) is 0 Å². The molecule has 2 amide bonds. The van der Waals surface area contributed by atoms with Gasteiger partial charge in [-0.1, -0.05) is 43.7 Å². The number of amides is 2. The van der Waals surface area contributed by atoms with Gasteiger partial charge >= 0.3 is 6.03 Å². The molecular weight excluding hydrogens is 316 g/mol. The van der Waals surface area contributed by atoms with Gasteiger partial charge in [0.05, 0.1) is 5.69 Å². The number of hydrogen-bond acceptors (Lipinski definition) is 3. The smallest absolute Gasteiger partial charge is 0.323 e. The maximum Gasteiger partial charge on any atom is 0.323 e. The molecular formula is C19H28N4O2. The van der Waals surface area contributed by atoms with Crippen LogP contribution in [0.3, 0.4) is 0 Å². The zero-order valence-electron chi connectivity index (χ0n) is 15.3. The summed E-state index contributed by atoms with van der Waals surface area (Å²) in [5.41, 5.74) is 2.03. The fourth-order valence-corrected chi connectivity index (χ4v) is 2.75. The second-order valence-electron chi connectivity index (χ2n) is 6.30. The predicted molar refractivity (Wildman–Crippen MR) is 99.4 cm³/mol. The Labute approximate surface area is 149 Å². The predicted octanol–water partition coefficient (Wildman–Crippen LogP) is 3.18. The van der Waals surface area contributed by atoms with Crippen LogP contribution >= 0.6 is 0 Å². The molecule has 0 saturated carbocycles. The number of carbonyl (C=O) groups is 1. The van der Waals surface area contributed by atoms with Gasteiger partial charge in [-0.3, -0.25) is 10.00 Å². The number of aromatic nitrogens is 2. The molecule has 0 aliphatic rings. The highest BCUT2D eigenvalue weighted by atomic mass is 16.3. The third-order valence-corrected chi connectivity index (χ3v) is 4.21. The summed E-state index contributed by atoms with van der Waals surface area (Å²) < 4.78 is 1.69. The molecule has 6 nitrogen and oxygen atoms in total. The van der Waals surface area contributed by atoms with Gasteiger partial charge in [-0.25, -0.2) is 4.79 Å². The highest BCUT2D eigenvalue weighted by Gasteiger charge is 2.21. The number of anilines is 1. The van der Waals surface area contributed by atoms with Crippen LogP contribution in [0.2, 0.25) is 0 Å². The molecule has 0 aliphatic heterocycles. The minimum absolute atomic E-state index is 0.0477. The summed E-state index contributed by atoms with van der Waals surface area (Å²) in [5, 5.41) is 16.6. The van der Waals surface area contributed by atoms with E-state index in [2.05, 4.69) is 17.3 Å². The molecule has 0 bridgehead atoms. The first kappa shape index (κ1) is 19.0. The Balaban J connectivity index is 2.14. The number of aliphatic hydroxyl groups excluding tert-OH is 1. The molecule has 1 unspecified atom stereocenters. The van der Waals surface area contributed by atoms with Crippen molar-refractivity contribution in [1.82, 2.24) is 14.7 Å². The van der Waals surface area contributed by atoms with Gasteiger partial charge in [0.15, 0.2) is 0 Å². The molecule has 25 heavy (non-hydrogen) atoms. The molecule has 6 heteroatoms. The Hall–Kier alpha value is -2.34. The second-order valence-corrected chi connectivity index (χ2v) is 6.30. The first-order valence-corrected chi connectivity index (χ1v) is 8.80. The van der Waals surface area contributed by atoms with E-state index < -0.39 is 0 Å². The minimum atomic E-state index is -0.184. The molecule has 136 valence electrons. The number of aliphatic hydroxyl groups is 1. The lowest BCUT2D eigenvalue weighted by Gasteiger charge is -2.29. The lowest BCUT2D eigenvalue weighted by Crippen LogP contribution is -2.41. The molecule has 2 rings (SSSR count). The quantitative estimate of drug-likeness (QED) is 0.773. The van der Waals surface area contributed by atoms with Gasteiger partial charge in [0.2, 0.25) is 0 Å². The van der Waals surface area contributed by atoms with Crippen LogP contribution in [-0.4, -0.2) is 38.5 Å². The van der Waals surface area contributed by atoms with Crippen LogP contribution in [-0.2, 0) is 20.0 Å². The zero-order valence-corrected chi connectivity index (χ0v) is 15.3. The standard InChI is InChI=1S/C19H28N4O2/c1-4-8-17-13-18(22(3)21-17)20-19(25)23(15(2)11-12-24)14-16-9-6-5-7-10-16/h5-7,9-10,13,15,24H,4,8,11-12,14H2,1-3H3,(H,20,25). The molecule has 0 fully saturated rings. The SMILES string of the molecule is CCCc1cc(NC(=O)N(Cc2ccccc2)C(C)CCO)n(C)n1. The van der Waals surface area contributed by atoms with Gasteiger partial charge < -0.3 is 10.0 Å². The topological polar surface area (TPSA) is 70.4 Å². The molecule has 2 aromatic rings. The number of carbonyl (C=O) groups excluding carboxylic acids is 1. The van der Waals surface area contributed by atoms with E-state index in [9.17, 15) is 9.90 Å². The average Bonchev–Trinajstić information content (AvgIpc) is 2.93. The summed E-state index contributed by atoms with van der Waals surface area (Å²) >= 11 is 0. The van der Waals surface area contributed by atoms with E-state index in [1.54, 1.807) is 9.58 Å². The van der Waals surface area contributed by atoms with Gasteiger partial charge in [-0.2, -0.15) is 5.10 Å². The maximum absolute atomic E-state index is 12.8. The molecule has 2 N–H and O–H groups in total. The zero-order chi connectivity index (χ0) is 18.2. The highest BCUT2D eigenvalue weighted by molar-refractivity contribution is 5.88. The monoisotopic (exact) mass is 344 g/mol. The van der Waals surface area contributed by atoms with Crippen molar-refractivity contribution in [3.63, 3.8) is 0 Å². The Morgan fingerprint density at radius 1 is 1.36 bits per heavy atom. The van der Waals surface area contributed by atoms with Crippen molar-refractivity contribution in [3.8, 4) is 0 Å². The van der Waals surface area contributed by atoms with Crippen molar-refractivity contribution >= 4 is 11.8 Å². The first-order chi connectivity index (χ1) is 12.0. The van der Waals surface area contributed by atoms with Gasteiger partial charge in [-0.15, -0.1) is 0 Å². The lowest BCUT2D eigenvalue weighted by atomic mass is 10.1. The minimum Gasteiger partial charge on any atom is -0.396 e. The number of nitrogens with one attached hydrogen (secondary N) is 1. The first-order valence-electron chi connectivity index (χ1n) is 8.80. The molecule has 0 aliphatic carbocycles. The number of nitrogens with zero attached hydrogens (tertiary/aromatic N) is 3. The molecule has 0 saturated heterocycles. The molecule has 0 radical (unpaired) electrons. The summed E-state index contributed by atoms with van der Waals surface area (Å²) in [4.78, 5) is 14.6. The Morgan fingerprint density at radius 2 is 2.08 bits per heavy atom. The number of benzene rings is 1. The van der Waals surface area contributed by atoms with Crippen molar-refractivity contribution in [2.24, 2.45) is 7.05 Å². The summed E-state index contributed by atoms with van der Waals surface area (Å²) in [5.74, 6) is 0.683. The molecule has 0 spiro atoms. The largest absolute Gasteiger partial charge is 0.396 e. The number of rotatable bonds is 8.